The van der Waals surface area contributed by atoms with Gasteiger partial charge in [0.2, 0.25) is 10.0 Å². The van der Waals surface area contributed by atoms with E-state index in [2.05, 4.69) is 15.9 Å². The number of carbonyl (C=O) groups is 1. The van der Waals surface area contributed by atoms with Crippen LogP contribution in [0.2, 0.25) is 0 Å². The lowest BCUT2D eigenvalue weighted by Gasteiger charge is -2.31. The third-order valence-corrected chi connectivity index (χ3v) is 6.49. The summed E-state index contributed by atoms with van der Waals surface area (Å²) in [6.07, 6.45) is 1.47. The zero-order chi connectivity index (χ0) is 15.6. The molecule has 1 atom stereocenters. The summed E-state index contributed by atoms with van der Waals surface area (Å²) in [5.41, 5.74) is 0.975. The Morgan fingerprint density at radius 2 is 2.19 bits per heavy atom. The summed E-state index contributed by atoms with van der Waals surface area (Å²) < 4.78 is 27.3. The third-order valence-electron chi connectivity index (χ3n) is 3.65. The van der Waals surface area contributed by atoms with E-state index in [9.17, 15) is 13.2 Å². The van der Waals surface area contributed by atoms with Crippen LogP contribution in [0.15, 0.2) is 27.6 Å². The van der Waals surface area contributed by atoms with Crippen LogP contribution in [0.25, 0.3) is 0 Å². The van der Waals surface area contributed by atoms with Crippen LogP contribution in [-0.2, 0) is 14.8 Å². The molecule has 2 rings (SSSR count). The number of nitrogens with zero attached hydrogens (tertiary/aromatic N) is 1. The van der Waals surface area contributed by atoms with Crippen LogP contribution >= 0.6 is 15.9 Å². The Labute approximate surface area is 133 Å². The number of hydrogen-bond donors (Lipinski definition) is 1. The summed E-state index contributed by atoms with van der Waals surface area (Å²) in [5, 5.41) is 8.87. The summed E-state index contributed by atoms with van der Waals surface area (Å²) in [5.74, 6) is -0.994. The number of halogens is 1. The predicted molar refractivity (Wildman–Crippen MR) is 82.6 cm³/mol. The fourth-order valence-corrected chi connectivity index (χ4v) is 5.32. The van der Waals surface area contributed by atoms with Crippen molar-refractivity contribution >= 4 is 31.9 Å². The van der Waals surface area contributed by atoms with Crippen LogP contribution in [0.5, 0.6) is 0 Å². The number of rotatable bonds is 4. The minimum Gasteiger partial charge on any atom is -0.481 e. The van der Waals surface area contributed by atoms with Crippen LogP contribution in [0.3, 0.4) is 0 Å². The van der Waals surface area contributed by atoms with Crippen molar-refractivity contribution in [3.8, 4) is 0 Å². The maximum absolute atomic E-state index is 12.7. The van der Waals surface area contributed by atoms with E-state index >= 15 is 0 Å². The lowest BCUT2D eigenvalue weighted by atomic mass is 9.96. The molecule has 0 aliphatic carbocycles. The van der Waals surface area contributed by atoms with E-state index in [1.165, 1.54) is 4.31 Å². The molecule has 1 aliphatic heterocycles. The van der Waals surface area contributed by atoms with Crippen molar-refractivity contribution in [1.82, 2.24) is 4.31 Å². The van der Waals surface area contributed by atoms with Gasteiger partial charge in [0, 0.05) is 24.0 Å². The second-order valence-corrected chi connectivity index (χ2v) is 8.16. The highest BCUT2D eigenvalue weighted by molar-refractivity contribution is 9.10. The first-order valence-electron chi connectivity index (χ1n) is 6.79. The van der Waals surface area contributed by atoms with E-state index in [1.807, 2.05) is 6.92 Å². The van der Waals surface area contributed by atoms with E-state index in [0.29, 0.717) is 17.4 Å². The molecule has 1 fully saturated rings. The van der Waals surface area contributed by atoms with Gasteiger partial charge in [0.05, 0.1) is 4.90 Å². The van der Waals surface area contributed by atoms with Gasteiger partial charge >= 0.3 is 5.97 Å². The van der Waals surface area contributed by atoms with Gasteiger partial charge in [-0.2, -0.15) is 4.31 Å². The minimum atomic E-state index is -3.58. The van der Waals surface area contributed by atoms with Crippen molar-refractivity contribution in [2.24, 2.45) is 5.92 Å². The van der Waals surface area contributed by atoms with Crippen molar-refractivity contribution in [3.63, 3.8) is 0 Å². The molecule has 0 amide bonds. The smallest absolute Gasteiger partial charge is 0.303 e. The van der Waals surface area contributed by atoms with Gasteiger partial charge in [-0.05, 0) is 59.3 Å². The minimum absolute atomic E-state index is 0.0150. The van der Waals surface area contributed by atoms with Crippen LogP contribution in [0.1, 0.15) is 24.8 Å². The van der Waals surface area contributed by atoms with Gasteiger partial charge in [0.1, 0.15) is 0 Å². The average molecular weight is 376 g/mol. The van der Waals surface area contributed by atoms with Crippen molar-refractivity contribution in [2.75, 3.05) is 13.1 Å². The number of aliphatic carboxylic acids is 1. The second-order valence-electron chi connectivity index (χ2n) is 5.40. The number of carboxylic acids is 1. The molecule has 1 N–H and O–H groups in total. The molecule has 1 aromatic rings. The monoisotopic (exact) mass is 375 g/mol. The summed E-state index contributed by atoms with van der Waals surface area (Å²) >= 11 is 3.31. The summed E-state index contributed by atoms with van der Waals surface area (Å²) in [7, 11) is -3.58. The van der Waals surface area contributed by atoms with E-state index < -0.39 is 16.0 Å². The normalized spacial score (nSPS) is 20.4. The fraction of sp³-hybridized carbons (Fsp3) is 0.500. The Balaban J connectivity index is 2.24. The van der Waals surface area contributed by atoms with Crippen LogP contribution in [0.4, 0.5) is 0 Å². The molecular formula is C14H18BrNO4S. The molecule has 1 unspecified atom stereocenters. The molecule has 21 heavy (non-hydrogen) atoms. The molecule has 7 heteroatoms. The number of benzene rings is 1. The Morgan fingerprint density at radius 1 is 1.48 bits per heavy atom. The Bertz CT molecular complexity index is 644. The molecule has 0 aromatic heterocycles. The lowest BCUT2D eigenvalue weighted by Crippen LogP contribution is -2.40. The molecule has 5 nitrogen and oxygen atoms in total. The quantitative estimate of drug-likeness (QED) is 0.877. The third kappa shape index (κ3) is 3.84. The molecule has 1 heterocycles. The highest BCUT2D eigenvalue weighted by Gasteiger charge is 2.32. The van der Waals surface area contributed by atoms with Crippen molar-refractivity contribution in [3.05, 3.63) is 28.2 Å². The number of hydrogen-bond acceptors (Lipinski definition) is 3. The number of aryl methyl sites for hydroxylation is 1. The Hall–Kier alpha value is -0.920. The van der Waals surface area contributed by atoms with Crippen LogP contribution in [-0.4, -0.2) is 36.9 Å². The van der Waals surface area contributed by atoms with Crippen molar-refractivity contribution in [2.45, 2.75) is 31.1 Å². The maximum atomic E-state index is 12.7. The lowest BCUT2D eigenvalue weighted by molar-refractivity contribution is -0.138. The largest absolute Gasteiger partial charge is 0.481 e. The molecule has 0 bridgehead atoms. The SMILES string of the molecule is Cc1ccc(S(=O)(=O)N2CCCC(CC(=O)O)C2)c(Br)c1. The van der Waals surface area contributed by atoms with E-state index in [-0.39, 0.29) is 23.8 Å². The highest BCUT2D eigenvalue weighted by atomic mass is 79.9. The van der Waals surface area contributed by atoms with Crippen molar-refractivity contribution < 1.29 is 18.3 Å². The van der Waals surface area contributed by atoms with Gasteiger partial charge < -0.3 is 5.11 Å². The van der Waals surface area contributed by atoms with Gasteiger partial charge in [0.15, 0.2) is 0 Å². The summed E-state index contributed by atoms with van der Waals surface area (Å²) in [6.45, 7) is 2.61. The first-order valence-corrected chi connectivity index (χ1v) is 9.02. The zero-order valence-corrected chi connectivity index (χ0v) is 14.2. The summed E-state index contributed by atoms with van der Waals surface area (Å²) in [4.78, 5) is 11.0. The molecule has 1 aliphatic rings. The first-order chi connectivity index (χ1) is 9.80. The Morgan fingerprint density at radius 3 is 2.81 bits per heavy atom. The maximum Gasteiger partial charge on any atom is 0.303 e. The number of piperidine rings is 1. The van der Waals surface area contributed by atoms with Crippen LogP contribution in [0, 0.1) is 12.8 Å². The zero-order valence-electron chi connectivity index (χ0n) is 11.8. The Kier molecular flexibility index (Phi) is 5.06. The molecule has 1 aromatic carbocycles. The fourth-order valence-electron chi connectivity index (χ4n) is 2.61. The molecular weight excluding hydrogens is 358 g/mol. The number of sulfonamides is 1. The highest BCUT2D eigenvalue weighted by Crippen LogP contribution is 2.30. The summed E-state index contributed by atoms with van der Waals surface area (Å²) in [6, 6.07) is 5.12. The molecule has 0 saturated carbocycles. The number of carboxylic acid groups (broad SMARTS) is 1. The molecule has 0 radical (unpaired) electrons. The average Bonchev–Trinajstić information content (AvgIpc) is 2.37. The van der Waals surface area contributed by atoms with E-state index in [1.54, 1.807) is 18.2 Å². The topological polar surface area (TPSA) is 74.7 Å². The van der Waals surface area contributed by atoms with Gasteiger partial charge in [0.25, 0.3) is 0 Å². The predicted octanol–water partition coefficient (Wildman–Crippen LogP) is 2.63. The van der Waals surface area contributed by atoms with E-state index in [0.717, 1.165) is 12.0 Å². The molecule has 0 spiro atoms. The second kappa shape index (κ2) is 6.46. The standard InChI is InChI=1S/C14H18BrNO4S/c1-10-4-5-13(12(15)7-10)21(19,20)16-6-2-3-11(9-16)8-14(17)18/h4-5,7,11H,2-3,6,8-9H2,1H3,(H,17,18). The van der Waals surface area contributed by atoms with Crippen molar-refractivity contribution in [1.29, 1.82) is 0 Å². The molecule has 1 saturated heterocycles. The van der Waals surface area contributed by atoms with Gasteiger partial charge in [-0.25, -0.2) is 8.42 Å². The van der Waals surface area contributed by atoms with E-state index in [4.69, 9.17) is 5.11 Å². The van der Waals surface area contributed by atoms with Gasteiger partial charge in [-0.3, -0.25) is 4.79 Å². The first kappa shape index (κ1) is 16.5. The van der Waals surface area contributed by atoms with Crippen LogP contribution < -0.4 is 0 Å². The van der Waals surface area contributed by atoms with Gasteiger partial charge in [-0.15, -0.1) is 0 Å². The van der Waals surface area contributed by atoms with Gasteiger partial charge in [-0.1, -0.05) is 6.07 Å². The molecule has 116 valence electrons.